The summed E-state index contributed by atoms with van der Waals surface area (Å²) in [5, 5.41) is 9.06. The number of aliphatic hydroxyl groups excluding tert-OH is 1. The second-order valence-electron chi connectivity index (χ2n) is 2.99. The molecule has 4 heteroatoms. The van der Waals surface area contributed by atoms with Crippen molar-refractivity contribution in [2.45, 2.75) is 20.1 Å². The predicted molar refractivity (Wildman–Crippen MR) is 46.9 cm³/mol. The van der Waals surface area contributed by atoms with E-state index in [1.165, 1.54) is 0 Å². The van der Waals surface area contributed by atoms with E-state index in [0.29, 0.717) is 6.61 Å². The van der Waals surface area contributed by atoms with Gasteiger partial charge in [-0.15, -0.1) is 0 Å². The summed E-state index contributed by atoms with van der Waals surface area (Å²) in [5.41, 5.74) is 7.66. The smallest absolute Gasteiger partial charge is 0.237 e. The predicted octanol–water partition coefficient (Wildman–Crippen LogP) is -0.679. The summed E-state index contributed by atoms with van der Waals surface area (Å²) in [5.74, 6) is 0. The van der Waals surface area contributed by atoms with Gasteiger partial charge in [0.2, 0.25) is 11.4 Å². The van der Waals surface area contributed by atoms with Crippen molar-refractivity contribution < 1.29 is 20.6 Å². The average molecular weight is 184 g/mol. The summed E-state index contributed by atoms with van der Waals surface area (Å²) in [4.78, 5) is 3.04. The Bertz CT molecular complexity index is 300. The molecule has 1 aromatic heterocycles. The fourth-order valence-electron chi connectivity index (χ4n) is 1.25. The number of ether oxygens (including phenoxy) is 1. The Kier molecular flexibility index (Phi) is 3.36. The number of rotatable bonds is 3. The van der Waals surface area contributed by atoms with E-state index in [1.54, 1.807) is 13.3 Å². The summed E-state index contributed by atoms with van der Waals surface area (Å²) < 4.78 is 5.04. The van der Waals surface area contributed by atoms with Gasteiger partial charge in [-0.3, -0.25) is 0 Å². The maximum atomic E-state index is 9.06. The molecule has 0 aromatic carbocycles. The van der Waals surface area contributed by atoms with Crippen molar-refractivity contribution in [3.8, 4) is 0 Å². The minimum Gasteiger partial charge on any atom is -0.391 e. The SMILES string of the molecule is COCc1c(CO)c[nH+]c(C)c1[NH3+]. The highest BCUT2D eigenvalue weighted by Crippen LogP contribution is 2.16. The second-order valence-corrected chi connectivity index (χ2v) is 2.99. The van der Waals surface area contributed by atoms with Crippen molar-refractivity contribution in [3.63, 3.8) is 0 Å². The number of aliphatic hydroxyl groups is 1. The lowest BCUT2D eigenvalue weighted by atomic mass is 10.1. The van der Waals surface area contributed by atoms with E-state index < -0.39 is 0 Å². The monoisotopic (exact) mass is 184 g/mol. The van der Waals surface area contributed by atoms with Crippen LogP contribution in [0.4, 0.5) is 5.69 Å². The Morgan fingerprint density at radius 2 is 2.31 bits per heavy atom. The van der Waals surface area contributed by atoms with Crippen molar-refractivity contribution in [1.29, 1.82) is 0 Å². The van der Waals surface area contributed by atoms with Gasteiger partial charge in [-0.2, -0.15) is 0 Å². The Labute approximate surface area is 77.4 Å². The Balaban J connectivity index is 3.15. The van der Waals surface area contributed by atoms with E-state index in [1.807, 2.05) is 6.92 Å². The zero-order valence-electron chi connectivity index (χ0n) is 8.05. The van der Waals surface area contributed by atoms with Crippen molar-refractivity contribution in [2.24, 2.45) is 0 Å². The van der Waals surface area contributed by atoms with Gasteiger partial charge < -0.3 is 15.6 Å². The van der Waals surface area contributed by atoms with Gasteiger partial charge in [0.25, 0.3) is 0 Å². The fourth-order valence-corrected chi connectivity index (χ4v) is 1.25. The molecule has 13 heavy (non-hydrogen) atoms. The number of aromatic amines is 1. The third-order valence-corrected chi connectivity index (χ3v) is 2.13. The van der Waals surface area contributed by atoms with Crippen LogP contribution >= 0.6 is 0 Å². The van der Waals surface area contributed by atoms with Crippen LogP contribution in [0.1, 0.15) is 16.8 Å². The van der Waals surface area contributed by atoms with Crippen LogP contribution < -0.4 is 10.7 Å². The van der Waals surface area contributed by atoms with E-state index in [-0.39, 0.29) is 6.61 Å². The van der Waals surface area contributed by atoms with Crippen molar-refractivity contribution in [2.75, 3.05) is 7.11 Å². The van der Waals surface area contributed by atoms with Gasteiger partial charge >= 0.3 is 0 Å². The molecule has 1 rings (SSSR count). The molecule has 0 radical (unpaired) electrons. The fraction of sp³-hybridized carbons (Fsp3) is 0.444. The highest BCUT2D eigenvalue weighted by molar-refractivity contribution is 5.43. The zero-order valence-corrected chi connectivity index (χ0v) is 8.05. The first-order chi connectivity index (χ1) is 6.20. The number of methoxy groups -OCH3 is 1. The van der Waals surface area contributed by atoms with E-state index in [9.17, 15) is 0 Å². The molecule has 1 heterocycles. The molecule has 0 unspecified atom stereocenters. The molecule has 0 aliphatic rings. The van der Waals surface area contributed by atoms with E-state index in [0.717, 1.165) is 22.5 Å². The third-order valence-electron chi connectivity index (χ3n) is 2.13. The molecular formula is C9H16N2O2+2. The van der Waals surface area contributed by atoms with Crippen LogP contribution in [0, 0.1) is 6.92 Å². The van der Waals surface area contributed by atoms with E-state index >= 15 is 0 Å². The first-order valence-corrected chi connectivity index (χ1v) is 4.15. The van der Waals surface area contributed by atoms with Crippen molar-refractivity contribution in [1.82, 2.24) is 0 Å². The van der Waals surface area contributed by atoms with Crippen LogP contribution in [0.3, 0.4) is 0 Å². The largest absolute Gasteiger partial charge is 0.391 e. The quantitative estimate of drug-likeness (QED) is 0.653. The van der Waals surface area contributed by atoms with Crippen molar-refractivity contribution in [3.05, 3.63) is 23.0 Å². The number of H-pyrrole nitrogens is 1. The minimum absolute atomic E-state index is 0.0119. The normalized spacial score (nSPS) is 10.5. The van der Waals surface area contributed by atoms with Gasteiger partial charge in [0.05, 0.1) is 24.3 Å². The van der Waals surface area contributed by atoms with Gasteiger partial charge in [0, 0.05) is 14.0 Å². The summed E-state index contributed by atoms with van der Waals surface area (Å²) in [6.07, 6.45) is 1.79. The molecule has 0 spiro atoms. The molecule has 0 aliphatic carbocycles. The Morgan fingerprint density at radius 3 is 2.85 bits per heavy atom. The summed E-state index contributed by atoms with van der Waals surface area (Å²) in [6, 6.07) is 0. The highest BCUT2D eigenvalue weighted by Gasteiger charge is 2.16. The molecule has 72 valence electrons. The van der Waals surface area contributed by atoms with Gasteiger partial charge in [-0.05, 0) is 0 Å². The van der Waals surface area contributed by atoms with E-state index in [4.69, 9.17) is 9.84 Å². The van der Waals surface area contributed by atoms with Crippen LogP contribution in [-0.4, -0.2) is 12.2 Å². The number of aryl methyl sites for hydroxylation is 1. The van der Waals surface area contributed by atoms with Crippen LogP contribution in [0.5, 0.6) is 0 Å². The topological polar surface area (TPSA) is 71.2 Å². The first kappa shape index (κ1) is 10.1. The van der Waals surface area contributed by atoms with Crippen LogP contribution in [0.25, 0.3) is 0 Å². The number of pyridine rings is 1. The standard InChI is InChI=1S/C9H14N2O2/c1-6-9(10)8(5-13-2)7(4-12)3-11-6/h3,12H,4-5,10H2,1-2H3/p+2. The lowest BCUT2D eigenvalue weighted by Gasteiger charge is -2.04. The van der Waals surface area contributed by atoms with Gasteiger partial charge in [0.1, 0.15) is 0 Å². The summed E-state index contributed by atoms with van der Waals surface area (Å²) in [7, 11) is 1.63. The molecule has 4 nitrogen and oxygen atoms in total. The van der Waals surface area contributed by atoms with Crippen LogP contribution in [0.15, 0.2) is 6.20 Å². The number of hydrogen-bond donors (Lipinski definition) is 2. The molecule has 0 aliphatic heterocycles. The maximum absolute atomic E-state index is 9.06. The third kappa shape index (κ3) is 2.03. The van der Waals surface area contributed by atoms with E-state index in [2.05, 4.69) is 10.7 Å². The molecule has 0 bridgehead atoms. The van der Waals surface area contributed by atoms with Crippen LogP contribution in [0.2, 0.25) is 0 Å². The lowest BCUT2D eigenvalue weighted by molar-refractivity contribution is -0.400. The molecular weight excluding hydrogens is 168 g/mol. The molecule has 0 saturated heterocycles. The van der Waals surface area contributed by atoms with Crippen molar-refractivity contribution >= 4 is 5.69 Å². The number of aromatic nitrogens is 1. The molecule has 0 atom stereocenters. The second kappa shape index (κ2) is 4.32. The number of hydrogen-bond acceptors (Lipinski definition) is 2. The summed E-state index contributed by atoms with van der Waals surface area (Å²) >= 11 is 0. The molecule has 0 amide bonds. The Hall–Kier alpha value is -0.970. The zero-order chi connectivity index (χ0) is 9.84. The maximum Gasteiger partial charge on any atom is 0.237 e. The lowest BCUT2D eigenvalue weighted by Crippen LogP contribution is -2.44. The average Bonchev–Trinajstić information content (AvgIpc) is 2.14. The summed E-state index contributed by atoms with van der Waals surface area (Å²) in [6.45, 7) is 2.45. The molecule has 0 fully saturated rings. The number of nitrogens with one attached hydrogen (secondary N) is 1. The van der Waals surface area contributed by atoms with Crippen LogP contribution in [-0.2, 0) is 18.0 Å². The van der Waals surface area contributed by atoms with Gasteiger partial charge in [-0.25, -0.2) is 4.98 Å². The Morgan fingerprint density at radius 1 is 1.62 bits per heavy atom. The molecule has 5 N–H and O–H groups in total. The molecule has 1 aromatic rings. The number of quaternary nitrogens is 1. The van der Waals surface area contributed by atoms with Gasteiger partial charge in [-0.1, -0.05) is 0 Å². The first-order valence-electron chi connectivity index (χ1n) is 4.15. The minimum atomic E-state index is 0.0119. The van der Waals surface area contributed by atoms with Gasteiger partial charge in [0.15, 0.2) is 6.20 Å². The highest BCUT2D eigenvalue weighted by atomic mass is 16.5. The molecule has 0 saturated carbocycles.